The number of carbonyl (C=O) groups is 2. The smallest absolute Gasteiger partial charge is 0.416 e. The second-order valence-corrected chi connectivity index (χ2v) is 8.38. The number of nitrogens with zero attached hydrogens (tertiary/aromatic N) is 4. The van der Waals surface area contributed by atoms with Crippen molar-refractivity contribution in [2.75, 3.05) is 37.1 Å². The van der Waals surface area contributed by atoms with Crippen molar-refractivity contribution in [3.63, 3.8) is 0 Å². The molecule has 1 aliphatic heterocycles. The minimum Gasteiger partial charge on any atom is -0.496 e. The van der Waals surface area contributed by atoms with Crippen LogP contribution in [-0.4, -0.2) is 55.2 Å². The third-order valence-corrected chi connectivity index (χ3v) is 4.79. The van der Waals surface area contributed by atoms with Crippen molar-refractivity contribution < 1.29 is 23.8 Å². The van der Waals surface area contributed by atoms with Crippen LogP contribution < -0.4 is 14.5 Å². The molecule has 0 saturated heterocycles. The van der Waals surface area contributed by atoms with Crippen molar-refractivity contribution in [1.82, 2.24) is 10.2 Å². The highest BCUT2D eigenvalue weighted by atomic mass is 35.5. The monoisotopic (exact) mass is 448 g/mol. The van der Waals surface area contributed by atoms with Crippen LogP contribution in [0.15, 0.2) is 24.3 Å². The standard InChI is InChI=1S/C21H25ClN4O5/c1-21(2,3)31-20(28)26-9-8-25(12-13-10-14(22)6-7-17(13)29-4)16-11-15(19(27)30-5)23-24-18(16)26/h6-7,10-11H,8-9,12H2,1-5H3. The summed E-state index contributed by atoms with van der Waals surface area (Å²) < 4.78 is 15.7. The van der Waals surface area contributed by atoms with Gasteiger partial charge in [0, 0.05) is 36.3 Å². The van der Waals surface area contributed by atoms with E-state index in [9.17, 15) is 9.59 Å². The topological polar surface area (TPSA) is 94.1 Å². The van der Waals surface area contributed by atoms with Crippen LogP contribution in [0.2, 0.25) is 5.02 Å². The molecule has 3 rings (SSSR count). The molecule has 9 nitrogen and oxygen atoms in total. The third kappa shape index (κ3) is 5.16. The van der Waals surface area contributed by atoms with Crippen molar-refractivity contribution >= 4 is 35.2 Å². The molecular formula is C21H25ClN4O5. The van der Waals surface area contributed by atoms with Gasteiger partial charge in [0.1, 0.15) is 11.4 Å². The van der Waals surface area contributed by atoms with Crippen LogP contribution in [0.1, 0.15) is 36.8 Å². The lowest BCUT2D eigenvalue weighted by atomic mass is 10.1. The van der Waals surface area contributed by atoms with Crippen LogP contribution in [0.4, 0.5) is 16.3 Å². The molecular weight excluding hydrogens is 424 g/mol. The van der Waals surface area contributed by atoms with Gasteiger partial charge in [0.25, 0.3) is 0 Å². The normalized spacial score (nSPS) is 13.5. The minimum absolute atomic E-state index is 0.0374. The molecule has 1 amide bonds. The van der Waals surface area contributed by atoms with E-state index in [4.69, 9.17) is 25.8 Å². The SMILES string of the molecule is COC(=O)c1cc2c(nn1)N(C(=O)OC(C)(C)C)CCN2Cc1cc(Cl)ccc1OC. The second kappa shape index (κ2) is 8.97. The summed E-state index contributed by atoms with van der Waals surface area (Å²) >= 11 is 6.18. The lowest BCUT2D eigenvalue weighted by molar-refractivity contribution is 0.0577. The Kier molecular flexibility index (Phi) is 6.54. The summed E-state index contributed by atoms with van der Waals surface area (Å²) in [5, 5.41) is 8.66. The van der Waals surface area contributed by atoms with Crippen LogP contribution >= 0.6 is 11.6 Å². The van der Waals surface area contributed by atoms with Gasteiger partial charge in [-0.25, -0.2) is 9.59 Å². The zero-order valence-corrected chi connectivity index (χ0v) is 18.9. The highest BCUT2D eigenvalue weighted by molar-refractivity contribution is 6.30. The molecule has 1 aromatic carbocycles. The van der Waals surface area contributed by atoms with E-state index in [1.54, 1.807) is 46.1 Å². The van der Waals surface area contributed by atoms with Gasteiger partial charge in [-0.1, -0.05) is 11.6 Å². The first-order chi connectivity index (χ1) is 14.6. The zero-order chi connectivity index (χ0) is 22.8. The molecule has 0 aliphatic carbocycles. The van der Waals surface area contributed by atoms with Gasteiger partial charge >= 0.3 is 12.1 Å². The number of methoxy groups -OCH3 is 2. The maximum Gasteiger partial charge on any atom is 0.416 e. The summed E-state index contributed by atoms with van der Waals surface area (Å²) in [5.74, 6) is 0.356. The molecule has 1 aromatic heterocycles. The quantitative estimate of drug-likeness (QED) is 0.653. The number of hydrogen-bond donors (Lipinski definition) is 0. The number of hydrogen-bond acceptors (Lipinski definition) is 8. The maximum absolute atomic E-state index is 12.7. The van der Waals surface area contributed by atoms with Crippen LogP contribution in [-0.2, 0) is 16.0 Å². The first-order valence-corrected chi connectivity index (χ1v) is 10.0. The number of fused-ring (bicyclic) bond motifs is 1. The molecule has 0 fully saturated rings. The summed E-state index contributed by atoms with van der Waals surface area (Å²) in [6, 6.07) is 6.91. The van der Waals surface area contributed by atoms with Gasteiger partial charge in [-0.3, -0.25) is 4.90 Å². The highest BCUT2D eigenvalue weighted by Crippen LogP contribution is 2.35. The lowest BCUT2D eigenvalue weighted by Gasteiger charge is -2.37. The van der Waals surface area contributed by atoms with Crippen molar-refractivity contribution in [3.05, 3.63) is 40.5 Å². The number of carbonyl (C=O) groups excluding carboxylic acids is 2. The summed E-state index contributed by atoms with van der Waals surface area (Å²) in [6.07, 6.45) is -0.533. The summed E-state index contributed by atoms with van der Waals surface area (Å²) in [4.78, 5) is 28.2. The Morgan fingerprint density at radius 3 is 2.52 bits per heavy atom. The first-order valence-electron chi connectivity index (χ1n) is 9.67. The van der Waals surface area contributed by atoms with E-state index in [1.165, 1.54) is 12.0 Å². The molecule has 0 N–H and O–H groups in total. The number of anilines is 2. The number of esters is 1. The second-order valence-electron chi connectivity index (χ2n) is 7.94. The van der Waals surface area contributed by atoms with Crippen molar-refractivity contribution in [2.45, 2.75) is 32.9 Å². The average Bonchev–Trinajstić information content (AvgIpc) is 2.72. The number of amides is 1. The number of aromatic nitrogens is 2. The van der Waals surface area contributed by atoms with E-state index in [-0.39, 0.29) is 5.69 Å². The highest BCUT2D eigenvalue weighted by Gasteiger charge is 2.33. The summed E-state index contributed by atoms with van der Waals surface area (Å²) in [6.45, 7) is 6.59. The Hall–Kier alpha value is -3.07. The van der Waals surface area contributed by atoms with Gasteiger partial charge in [-0.15, -0.1) is 10.2 Å². The zero-order valence-electron chi connectivity index (χ0n) is 18.1. The Morgan fingerprint density at radius 1 is 1.13 bits per heavy atom. The Labute approximate surface area is 185 Å². The lowest BCUT2D eigenvalue weighted by Crippen LogP contribution is -2.46. The minimum atomic E-state index is -0.665. The first kappa shape index (κ1) is 22.6. The van der Waals surface area contributed by atoms with E-state index >= 15 is 0 Å². The molecule has 0 saturated carbocycles. The number of halogens is 1. The molecule has 0 radical (unpaired) electrons. The molecule has 166 valence electrons. The molecule has 0 bridgehead atoms. The molecule has 2 aromatic rings. The Morgan fingerprint density at radius 2 is 1.87 bits per heavy atom. The maximum atomic E-state index is 12.7. The van der Waals surface area contributed by atoms with Gasteiger partial charge in [0.15, 0.2) is 11.5 Å². The van der Waals surface area contributed by atoms with E-state index in [2.05, 4.69) is 10.2 Å². The van der Waals surface area contributed by atoms with Gasteiger partial charge in [0.2, 0.25) is 0 Å². The average molecular weight is 449 g/mol. The predicted molar refractivity (Wildman–Crippen MR) is 116 cm³/mol. The largest absolute Gasteiger partial charge is 0.496 e. The molecule has 31 heavy (non-hydrogen) atoms. The predicted octanol–water partition coefficient (Wildman–Crippen LogP) is 3.69. The molecule has 0 spiro atoms. The van der Waals surface area contributed by atoms with Crippen LogP contribution in [0, 0.1) is 0 Å². The fourth-order valence-corrected chi connectivity index (χ4v) is 3.38. The van der Waals surface area contributed by atoms with Crippen molar-refractivity contribution in [1.29, 1.82) is 0 Å². The third-order valence-electron chi connectivity index (χ3n) is 4.56. The Bertz CT molecular complexity index is 992. The van der Waals surface area contributed by atoms with Crippen LogP contribution in [0.25, 0.3) is 0 Å². The summed E-state index contributed by atoms with van der Waals surface area (Å²) in [5.41, 5.74) is 0.773. The van der Waals surface area contributed by atoms with Gasteiger partial charge < -0.3 is 19.1 Å². The molecule has 0 atom stereocenters. The summed E-state index contributed by atoms with van der Waals surface area (Å²) in [7, 11) is 2.85. The van der Waals surface area contributed by atoms with Crippen molar-refractivity contribution in [2.24, 2.45) is 0 Å². The fourth-order valence-electron chi connectivity index (χ4n) is 3.19. The van der Waals surface area contributed by atoms with Gasteiger partial charge in [-0.2, -0.15) is 0 Å². The fraction of sp³-hybridized carbons (Fsp3) is 0.429. The van der Waals surface area contributed by atoms with Crippen LogP contribution in [0.3, 0.4) is 0 Å². The van der Waals surface area contributed by atoms with Crippen molar-refractivity contribution in [3.8, 4) is 5.75 Å². The van der Waals surface area contributed by atoms with Gasteiger partial charge in [0.05, 0.1) is 19.9 Å². The number of ether oxygens (including phenoxy) is 3. The van der Waals surface area contributed by atoms with E-state index in [0.29, 0.717) is 41.9 Å². The van der Waals surface area contributed by atoms with E-state index in [0.717, 1.165) is 5.56 Å². The van der Waals surface area contributed by atoms with Gasteiger partial charge in [-0.05, 0) is 39.0 Å². The number of rotatable bonds is 4. The Balaban J connectivity index is 2.01. The van der Waals surface area contributed by atoms with Crippen LogP contribution in [0.5, 0.6) is 5.75 Å². The van der Waals surface area contributed by atoms with E-state index in [1.807, 2.05) is 11.0 Å². The molecule has 0 unspecified atom stereocenters. The molecule has 1 aliphatic rings. The molecule has 10 heteroatoms. The van der Waals surface area contributed by atoms with E-state index < -0.39 is 17.7 Å². The molecule has 2 heterocycles. The number of benzene rings is 1.